The van der Waals surface area contributed by atoms with Crippen LogP contribution < -0.4 is 5.73 Å². The highest BCUT2D eigenvalue weighted by Crippen LogP contribution is 2.28. The molecule has 0 fully saturated rings. The van der Waals surface area contributed by atoms with Gasteiger partial charge in [-0.05, 0) is 56.5 Å². The number of allylic oxidation sites excluding steroid dienone is 3. The molecule has 0 saturated heterocycles. The van der Waals surface area contributed by atoms with E-state index in [1.807, 2.05) is 39.0 Å². The van der Waals surface area contributed by atoms with E-state index in [1.165, 1.54) is 0 Å². The Morgan fingerprint density at radius 2 is 2.15 bits per heavy atom. The molecule has 0 aromatic heterocycles. The van der Waals surface area contributed by atoms with Crippen LogP contribution in [0.15, 0.2) is 30.4 Å². The molecule has 2 heteroatoms. The summed E-state index contributed by atoms with van der Waals surface area (Å²) in [7, 11) is 0. The second-order valence-corrected chi connectivity index (χ2v) is 4.65. The third-order valence-corrected chi connectivity index (χ3v) is 3.18. The molecule has 0 aliphatic heterocycles. The van der Waals surface area contributed by atoms with E-state index in [4.69, 9.17) is 5.73 Å². The Hall–Kier alpha value is -2.01. The summed E-state index contributed by atoms with van der Waals surface area (Å²) in [5.74, 6) is 5.68. The molecule has 0 radical (unpaired) electrons. The van der Waals surface area contributed by atoms with Gasteiger partial charge in [-0.25, -0.2) is 4.39 Å². The lowest BCUT2D eigenvalue weighted by Crippen LogP contribution is -2.08. The van der Waals surface area contributed by atoms with Crippen molar-refractivity contribution in [3.63, 3.8) is 0 Å². The number of aryl methyl sites for hydroxylation is 1. The normalized spacial score (nSPS) is 13.2. The Kier molecular flexibility index (Phi) is 6.06. The molecule has 1 rings (SSSR count). The van der Waals surface area contributed by atoms with Crippen molar-refractivity contribution in [3.8, 4) is 11.8 Å². The molecule has 2 N–H and O–H groups in total. The van der Waals surface area contributed by atoms with Gasteiger partial charge < -0.3 is 5.73 Å². The van der Waals surface area contributed by atoms with Crippen molar-refractivity contribution in [2.24, 2.45) is 5.73 Å². The molecule has 0 aliphatic rings. The van der Waals surface area contributed by atoms with E-state index in [2.05, 4.69) is 11.8 Å². The van der Waals surface area contributed by atoms with Gasteiger partial charge in [0.1, 0.15) is 5.82 Å². The first-order chi connectivity index (χ1) is 9.54. The summed E-state index contributed by atoms with van der Waals surface area (Å²) in [5, 5.41) is 0. The summed E-state index contributed by atoms with van der Waals surface area (Å²) in [5.41, 5.74) is 9.53. The van der Waals surface area contributed by atoms with Gasteiger partial charge >= 0.3 is 0 Å². The first kappa shape index (κ1) is 16.0. The van der Waals surface area contributed by atoms with Gasteiger partial charge in [0, 0.05) is 17.2 Å². The summed E-state index contributed by atoms with van der Waals surface area (Å²) in [6, 6.07) is 3.10. The van der Waals surface area contributed by atoms with Crippen molar-refractivity contribution in [3.05, 3.63) is 52.9 Å². The Morgan fingerprint density at radius 1 is 1.45 bits per heavy atom. The van der Waals surface area contributed by atoms with Gasteiger partial charge in [0.15, 0.2) is 0 Å². The fraction of sp³-hybridized carbons (Fsp3) is 0.333. The second-order valence-electron chi connectivity index (χ2n) is 4.65. The first-order valence-corrected chi connectivity index (χ1v) is 6.88. The van der Waals surface area contributed by atoms with Crippen LogP contribution in [-0.2, 0) is 6.42 Å². The van der Waals surface area contributed by atoms with Crippen molar-refractivity contribution < 1.29 is 4.39 Å². The van der Waals surface area contributed by atoms with Crippen molar-refractivity contribution in [1.82, 2.24) is 0 Å². The number of rotatable bonds is 4. The van der Waals surface area contributed by atoms with Crippen LogP contribution in [0, 0.1) is 17.7 Å². The Labute approximate surface area is 121 Å². The largest absolute Gasteiger partial charge is 0.398 e. The molecule has 1 aromatic rings. The SMILES string of the molecule is CC#CC(C)c1cc(F)cc(CC)c1/C(N)=C/C=C\C. The molecule has 0 amide bonds. The average molecular weight is 271 g/mol. The molecule has 0 heterocycles. The van der Waals surface area contributed by atoms with Crippen LogP contribution in [0.4, 0.5) is 4.39 Å². The van der Waals surface area contributed by atoms with Crippen LogP contribution in [0.1, 0.15) is 50.3 Å². The Morgan fingerprint density at radius 3 is 2.70 bits per heavy atom. The van der Waals surface area contributed by atoms with Crippen molar-refractivity contribution in [1.29, 1.82) is 0 Å². The van der Waals surface area contributed by atoms with Crippen LogP contribution in [0.3, 0.4) is 0 Å². The molecule has 1 atom stereocenters. The van der Waals surface area contributed by atoms with E-state index in [0.717, 1.165) is 23.1 Å². The van der Waals surface area contributed by atoms with Gasteiger partial charge in [0.05, 0.1) is 0 Å². The quantitative estimate of drug-likeness (QED) is 0.638. The zero-order valence-corrected chi connectivity index (χ0v) is 12.6. The van der Waals surface area contributed by atoms with Gasteiger partial charge in [-0.1, -0.05) is 25.0 Å². The van der Waals surface area contributed by atoms with Crippen molar-refractivity contribution >= 4 is 5.70 Å². The van der Waals surface area contributed by atoms with Crippen LogP contribution in [0.25, 0.3) is 5.70 Å². The van der Waals surface area contributed by atoms with Gasteiger partial charge in [-0.15, -0.1) is 5.92 Å². The van der Waals surface area contributed by atoms with E-state index < -0.39 is 0 Å². The maximum absolute atomic E-state index is 13.8. The molecule has 106 valence electrons. The maximum atomic E-state index is 13.8. The summed E-state index contributed by atoms with van der Waals surface area (Å²) in [4.78, 5) is 0. The van der Waals surface area contributed by atoms with Crippen LogP contribution in [0.2, 0.25) is 0 Å². The summed E-state index contributed by atoms with van der Waals surface area (Å²) >= 11 is 0. The molecular formula is C18H22FN. The molecular weight excluding hydrogens is 249 g/mol. The van der Waals surface area contributed by atoms with E-state index in [9.17, 15) is 4.39 Å². The van der Waals surface area contributed by atoms with E-state index in [1.54, 1.807) is 19.1 Å². The van der Waals surface area contributed by atoms with Crippen LogP contribution in [-0.4, -0.2) is 0 Å². The smallest absolute Gasteiger partial charge is 0.123 e. The van der Waals surface area contributed by atoms with E-state index >= 15 is 0 Å². The second kappa shape index (κ2) is 7.55. The van der Waals surface area contributed by atoms with Crippen molar-refractivity contribution in [2.75, 3.05) is 0 Å². The highest BCUT2D eigenvalue weighted by molar-refractivity contribution is 5.71. The van der Waals surface area contributed by atoms with Gasteiger partial charge in [0.2, 0.25) is 0 Å². The number of benzene rings is 1. The molecule has 1 nitrogen and oxygen atoms in total. The molecule has 1 unspecified atom stereocenters. The highest BCUT2D eigenvalue weighted by Gasteiger charge is 2.16. The van der Waals surface area contributed by atoms with Crippen LogP contribution in [0.5, 0.6) is 0 Å². The minimum atomic E-state index is -0.232. The predicted octanol–water partition coefficient (Wildman–Crippen LogP) is 4.39. The predicted molar refractivity (Wildman–Crippen MR) is 84.6 cm³/mol. The topological polar surface area (TPSA) is 26.0 Å². The van der Waals surface area contributed by atoms with Gasteiger partial charge in [-0.2, -0.15) is 0 Å². The molecule has 0 bridgehead atoms. The highest BCUT2D eigenvalue weighted by atomic mass is 19.1. The Balaban J connectivity index is 3.54. The first-order valence-electron chi connectivity index (χ1n) is 6.88. The van der Waals surface area contributed by atoms with Gasteiger partial charge in [0.25, 0.3) is 0 Å². The van der Waals surface area contributed by atoms with E-state index in [-0.39, 0.29) is 11.7 Å². The lowest BCUT2D eigenvalue weighted by molar-refractivity contribution is 0.622. The molecule has 0 spiro atoms. The number of hydrogen-bond donors (Lipinski definition) is 1. The number of hydrogen-bond acceptors (Lipinski definition) is 1. The zero-order valence-electron chi connectivity index (χ0n) is 12.6. The zero-order chi connectivity index (χ0) is 15.1. The third kappa shape index (κ3) is 3.74. The molecule has 20 heavy (non-hydrogen) atoms. The lowest BCUT2D eigenvalue weighted by atomic mass is 9.89. The van der Waals surface area contributed by atoms with Crippen LogP contribution >= 0.6 is 0 Å². The summed E-state index contributed by atoms with van der Waals surface area (Å²) in [6.45, 7) is 7.69. The standard InChI is InChI=1S/C18H22FN/c1-5-8-10-17(20)18-14(7-3)11-15(19)12-16(18)13(4)9-6-2/h5,8,10-13H,7,20H2,1-4H3/b8-5-,17-10-. The van der Waals surface area contributed by atoms with Crippen molar-refractivity contribution in [2.45, 2.75) is 40.0 Å². The Bertz CT molecular complexity index is 585. The fourth-order valence-electron chi connectivity index (χ4n) is 2.24. The monoisotopic (exact) mass is 271 g/mol. The molecule has 1 aromatic carbocycles. The third-order valence-electron chi connectivity index (χ3n) is 3.18. The van der Waals surface area contributed by atoms with Gasteiger partial charge in [-0.3, -0.25) is 0 Å². The fourth-order valence-corrected chi connectivity index (χ4v) is 2.24. The minimum absolute atomic E-state index is 0.0476. The average Bonchev–Trinajstić information content (AvgIpc) is 2.43. The number of halogens is 1. The summed E-state index contributed by atoms with van der Waals surface area (Å²) in [6.07, 6.45) is 6.38. The summed E-state index contributed by atoms with van der Waals surface area (Å²) < 4.78 is 13.8. The molecule has 0 saturated carbocycles. The maximum Gasteiger partial charge on any atom is 0.123 e. The lowest BCUT2D eigenvalue weighted by Gasteiger charge is -2.17. The van der Waals surface area contributed by atoms with E-state index in [0.29, 0.717) is 5.70 Å². The number of nitrogens with two attached hydrogens (primary N) is 1. The minimum Gasteiger partial charge on any atom is -0.398 e. The molecule has 0 aliphatic carbocycles.